The van der Waals surface area contributed by atoms with E-state index < -0.39 is 26.1 Å². The van der Waals surface area contributed by atoms with Crippen LogP contribution in [0.2, 0.25) is 0 Å². The summed E-state index contributed by atoms with van der Waals surface area (Å²) in [5.41, 5.74) is 6.39. The van der Waals surface area contributed by atoms with Crippen LogP contribution in [0.5, 0.6) is 0 Å². The molecule has 2 fully saturated rings. The zero-order valence-corrected chi connectivity index (χ0v) is 17.6. The van der Waals surface area contributed by atoms with Gasteiger partial charge in [-0.3, -0.25) is 9.09 Å². The molecule has 2 N–H and O–H groups in total. The summed E-state index contributed by atoms with van der Waals surface area (Å²) < 4.78 is 35.8. The van der Waals surface area contributed by atoms with Gasteiger partial charge in [0.2, 0.25) is 12.7 Å². The summed E-state index contributed by atoms with van der Waals surface area (Å²) in [6.45, 7) is 1.32. The third-order valence-electron chi connectivity index (χ3n) is 5.25. The molecular weight excluding hydrogens is 415 g/mol. The van der Waals surface area contributed by atoms with Crippen LogP contribution in [0.25, 0.3) is 11.2 Å². The minimum Gasteiger partial charge on any atom is -0.422 e. The molecular formula is C17H25N6O6P. The maximum atomic E-state index is 12.8. The number of carbonyl (C=O) groups excluding carboxylic acids is 1. The predicted molar refractivity (Wildman–Crippen MR) is 106 cm³/mol. The fourth-order valence-electron chi connectivity index (χ4n) is 3.29. The number of ether oxygens (including phenoxy) is 2. The molecule has 4 rings (SSSR count). The fraction of sp³-hybridized carbons (Fsp3) is 0.647. The maximum absolute atomic E-state index is 12.8. The van der Waals surface area contributed by atoms with E-state index in [0.29, 0.717) is 30.8 Å². The lowest BCUT2D eigenvalue weighted by Crippen LogP contribution is -2.29. The van der Waals surface area contributed by atoms with Crippen molar-refractivity contribution in [3.05, 3.63) is 12.5 Å². The van der Waals surface area contributed by atoms with Gasteiger partial charge >= 0.3 is 13.7 Å². The molecule has 12 nitrogen and oxygen atoms in total. The van der Waals surface area contributed by atoms with Gasteiger partial charge in [0.25, 0.3) is 0 Å². The van der Waals surface area contributed by atoms with E-state index >= 15 is 0 Å². The Morgan fingerprint density at radius 3 is 2.77 bits per heavy atom. The number of carbonyl (C=O) groups is 1. The molecule has 2 aromatic heterocycles. The van der Waals surface area contributed by atoms with Crippen molar-refractivity contribution in [1.29, 1.82) is 0 Å². The van der Waals surface area contributed by atoms with Gasteiger partial charge in [-0.05, 0) is 25.7 Å². The van der Waals surface area contributed by atoms with E-state index in [9.17, 15) is 9.36 Å². The number of fused-ring (bicyclic) bond motifs is 1. The lowest BCUT2D eigenvalue weighted by atomic mass is 10.3. The van der Waals surface area contributed by atoms with E-state index in [2.05, 4.69) is 15.0 Å². The smallest absolute Gasteiger partial charge is 0.411 e. The van der Waals surface area contributed by atoms with Crippen molar-refractivity contribution in [2.24, 2.45) is 0 Å². The molecule has 30 heavy (non-hydrogen) atoms. The van der Waals surface area contributed by atoms with Crippen molar-refractivity contribution in [2.45, 2.75) is 37.8 Å². The quantitative estimate of drug-likeness (QED) is 0.454. The summed E-state index contributed by atoms with van der Waals surface area (Å²) in [7, 11) is -2.31. The largest absolute Gasteiger partial charge is 0.422 e. The zero-order valence-electron chi connectivity index (χ0n) is 16.7. The molecule has 3 heterocycles. The van der Waals surface area contributed by atoms with Crippen LogP contribution >= 0.6 is 7.60 Å². The molecule has 1 aliphatic heterocycles. The monoisotopic (exact) mass is 440 g/mol. The SMILES string of the molecule is COP(=O)(COC1(Cn2cnc3cnc(N)nc32)CC1)OCOC(=O)N1CCCC1. The molecule has 0 bridgehead atoms. The molecule has 0 spiro atoms. The van der Waals surface area contributed by atoms with Gasteiger partial charge in [0, 0.05) is 20.2 Å². The van der Waals surface area contributed by atoms with Crippen molar-refractivity contribution in [3.63, 3.8) is 0 Å². The maximum Gasteiger partial charge on any atom is 0.411 e. The van der Waals surface area contributed by atoms with Crippen molar-refractivity contribution in [3.8, 4) is 0 Å². The summed E-state index contributed by atoms with van der Waals surface area (Å²) in [5.74, 6) is 0.163. The van der Waals surface area contributed by atoms with Gasteiger partial charge in [-0.2, -0.15) is 4.98 Å². The van der Waals surface area contributed by atoms with Crippen LogP contribution in [0, 0.1) is 0 Å². The normalized spacial score (nSPS) is 19.7. The van der Waals surface area contributed by atoms with E-state index in [0.717, 1.165) is 25.7 Å². The summed E-state index contributed by atoms with van der Waals surface area (Å²) in [6.07, 6.45) is 5.93. The minimum atomic E-state index is -3.58. The molecule has 1 atom stereocenters. The third kappa shape index (κ3) is 4.72. The Kier molecular flexibility index (Phi) is 5.92. The number of likely N-dealkylation sites (tertiary alicyclic amines) is 1. The van der Waals surface area contributed by atoms with E-state index in [4.69, 9.17) is 24.3 Å². The van der Waals surface area contributed by atoms with Crippen LogP contribution in [-0.4, -0.2) is 69.5 Å². The summed E-state index contributed by atoms with van der Waals surface area (Å²) in [4.78, 5) is 25.9. The summed E-state index contributed by atoms with van der Waals surface area (Å²) in [5, 5.41) is 0. The number of hydrogen-bond acceptors (Lipinski definition) is 10. The Hall–Kier alpha value is -2.27. The third-order valence-corrected chi connectivity index (χ3v) is 6.75. The topological polar surface area (TPSA) is 144 Å². The minimum absolute atomic E-state index is 0.163. The van der Waals surface area contributed by atoms with E-state index in [1.807, 2.05) is 4.57 Å². The van der Waals surface area contributed by atoms with Crippen LogP contribution in [0.4, 0.5) is 10.7 Å². The summed E-state index contributed by atoms with van der Waals surface area (Å²) >= 11 is 0. The van der Waals surface area contributed by atoms with Crippen LogP contribution in [0.15, 0.2) is 12.5 Å². The highest BCUT2D eigenvalue weighted by Crippen LogP contribution is 2.51. The second-order valence-corrected chi connectivity index (χ2v) is 9.51. The molecule has 2 aliphatic rings. The molecule has 1 amide bonds. The first kappa shape index (κ1) is 21.0. The van der Waals surface area contributed by atoms with E-state index in [1.165, 1.54) is 7.11 Å². The highest BCUT2D eigenvalue weighted by atomic mass is 31.2. The first-order chi connectivity index (χ1) is 14.4. The van der Waals surface area contributed by atoms with Crippen molar-refractivity contribution in [2.75, 3.05) is 39.1 Å². The number of hydrogen-bond donors (Lipinski definition) is 1. The number of rotatable bonds is 9. The molecule has 13 heteroatoms. The van der Waals surface area contributed by atoms with E-state index in [1.54, 1.807) is 17.4 Å². The molecule has 0 aromatic carbocycles. The number of imidazole rings is 1. The van der Waals surface area contributed by atoms with Crippen LogP contribution in [-0.2, 0) is 29.6 Å². The number of nitrogens with zero attached hydrogens (tertiary/aromatic N) is 5. The molecule has 0 radical (unpaired) electrons. The lowest BCUT2D eigenvalue weighted by Gasteiger charge is -2.22. The van der Waals surface area contributed by atoms with Crippen molar-refractivity contribution < 1.29 is 27.9 Å². The van der Waals surface area contributed by atoms with Crippen LogP contribution < -0.4 is 5.73 Å². The number of nitrogen functional groups attached to an aromatic ring is 1. The van der Waals surface area contributed by atoms with Gasteiger partial charge in [-0.1, -0.05) is 0 Å². The van der Waals surface area contributed by atoms with Gasteiger partial charge in [-0.15, -0.1) is 0 Å². The standard InChI is InChI=1S/C17H25N6O6P/c1-26-30(25,29-11-27-16(24)22-6-2-3-7-22)12-28-17(4-5-17)9-23-10-20-13-8-19-15(18)21-14(13)23/h8,10H,2-7,9,11-12H2,1H3,(H2,18,19,21). The second kappa shape index (κ2) is 8.46. The average Bonchev–Trinajstić information content (AvgIpc) is 3.12. The molecule has 1 unspecified atom stereocenters. The second-order valence-electron chi connectivity index (χ2n) is 7.41. The Labute approximate surface area is 173 Å². The molecule has 2 aromatic rings. The van der Waals surface area contributed by atoms with Gasteiger partial charge in [0.1, 0.15) is 11.9 Å². The Balaban J connectivity index is 1.30. The van der Waals surface area contributed by atoms with Gasteiger partial charge in [0.05, 0.1) is 24.7 Å². The first-order valence-corrected chi connectivity index (χ1v) is 11.4. The van der Waals surface area contributed by atoms with Crippen LogP contribution in [0.3, 0.4) is 0 Å². The average molecular weight is 440 g/mol. The van der Waals surface area contributed by atoms with Crippen LogP contribution in [0.1, 0.15) is 25.7 Å². The zero-order chi connectivity index (χ0) is 21.2. The Morgan fingerprint density at radius 1 is 1.30 bits per heavy atom. The number of amides is 1. The van der Waals surface area contributed by atoms with E-state index in [-0.39, 0.29) is 12.3 Å². The lowest BCUT2D eigenvalue weighted by molar-refractivity contribution is 0.00917. The van der Waals surface area contributed by atoms with Crippen molar-refractivity contribution >= 4 is 30.8 Å². The Morgan fingerprint density at radius 2 is 2.07 bits per heavy atom. The molecule has 1 saturated carbocycles. The number of nitrogens with two attached hydrogens (primary N) is 1. The number of aromatic nitrogens is 4. The van der Waals surface area contributed by atoms with Gasteiger partial charge in [0.15, 0.2) is 5.65 Å². The summed E-state index contributed by atoms with van der Waals surface area (Å²) in [6, 6.07) is 0. The fourth-order valence-corrected chi connectivity index (χ4v) is 4.22. The highest BCUT2D eigenvalue weighted by Gasteiger charge is 2.46. The number of anilines is 1. The molecule has 1 saturated heterocycles. The first-order valence-electron chi connectivity index (χ1n) is 9.70. The predicted octanol–water partition coefficient (Wildman–Crippen LogP) is 1.96. The molecule has 164 valence electrons. The Bertz CT molecular complexity index is 957. The highest BCUT2D eigenvalue weighted by molar-refractivity contribution is 7.53. The van der Waals surface area contributed by atoms with Gasteiger partial charge < -0.3 is 29.2 Å². The van der Waals surface area contributed by atoms with Gasteiger partial charge in [-0.25, -0.2) is 14.8 Å². The molecule has 1 aliphatic carbocycles. The van der Waals surface area contributed by atoms with Crippen molar-refractivity contribution in [1.82, 2.24) is 24.4 Å².